The van der Waals surface area contributed by atoms with Crippen LogP contribution < -0.4 is 10.6 Å². The van der Waals surface area contributed by atoms with Crippen molar-refractivity contribution in [3.8, 4) is 0 Å². The topological polar surface area (TPSA) is 96.3 Å². The van der Waals surface area contributed by atoms with Gasteiger partial charge in [0.05, 0.1) is 24.2 Å². The molecule has 0 radical (unpaired) electrons. The SMILES string of the molecule is Cn1nccc1CNC(=O)NC1(CC(=O)O)CCCCC1. The molecule has 1 heterocycles. The summed E-state index contributed by atoms with van der Waals surface area (Å²) >= 11 is 0. The van der Waals surface area contributed by atoms with E-state index in [0.717, 1.165) is 37.8 Å². The Hall–Kier alpha value is -2.05. The number of nitrogens with zero attached hydrogens (tertiary/aromatic N) is 2. The van der Waals surface area contributed by atoms with Crippen molar-refractivity contribution in [3.63, 3.8) is 0 Å². The molecule has 3 N–H and O–H groups in total. The van der Waals surface area contributed by atoms with Crippen LogP contribution in [-0.2, 0) is 18.4 Å². The van der Waals surface area contributed by atoms with E-state index in [1.807, 2.05) is 13.1 Å². The maximum atomic E-state index is 12.1. The first-order valence-corrected chi connectivity index (χ1v) is 7.25. The fraction of sp³-hybridized carbons (Fsp3) is 0.643. The number of nitrogens with one attached hydrogen (secondary N) is 2. The number of carbonyl (C=O) groups is 2. The lowest BCUT2D eigenvalue weighted by Crippen LogP contribution is -2.54. The Labute approximate surface area is 123 Å². The van der Waals surface area contributed by atoms with Crippen LogP contribution in [0, 0.1) is 0 Å². The van der Waals surface area contributed by atoms with Crippen molar-refractivity contribution >= 4 is 12.0 Å². The Kier molecular flexibility index (Phi) is 4.82. The van der Waals surface area contributed by atoms with Gasteiger partial charge < -0.3 is 15.7 Å². The predicted molar refractivity (Wildman–Crippen MR) is 76.6 cm³/mol. The average Bonchev–Trinajstić information content (AvgIpc) is 2.82. The van der Waals surface area contributed by atoms with E-state index in [2.05, 4.69) is 15.7 Å². The van der Waals surface area contributed by atoms with Gasteiger partial charge >= 0.3 is 12.0 Å². The van der Waals surface area contributed by atoms with E-state index in [1.54, 1.807) is 10.9 Å². The molecule has 0 atom stereocenters. The Morgan fingerprint density at radius 2 is 2.10 bits per heavy atom. The second-order valence-corrected chi connectivity index (χ2v) is 5.67. The Morgan fingerprint density at radius 3 is 2.67 bits per heavy atom. The third-order valence-corrected chi connectivity index (χ3v) is 4.03. The Morgan fingerprint density at radius 1 is 1.38 bits per heavy atom. The summed E-state index contributed by atoms with van der Waals surface area (Å²) < 4.78 is 1.69. The van der Waals surface area contributed by atoms with Crippen LogP contribution in [0.25, 0.3) is 0 Å². The molecule has 7 heteroatoms. The van der Waals surface area contributed by atoms with Crippen molar-refractivity contribution in [1.82, 2.24) is 20.4 Å². The zero-order valence-corrected chi connectivity index (χ0v) is 12.3. The van der Waals surface area contributed by atoms with Crippen LogP contribution in [0.2, 0.25) is 0 Å². The highest BCUT2D eigenvalue weighted by Crippen LogP contribution is 2.31. The summed E-state index contributed by atoms with van der Waals surface area (Å²) in [5.41, 5.74) is 0.279. The first-order valence-electron chi connectivity index (χ1n) is 7.25. The molecule has 2 amide bonds. The van der Waals surface area contributed by atoms with Gasteiger partial charge in [-0.2, -0.15) is 5.10 Å². The molecule has 0 spiro atoms. The van der Waals surface area contributed by atoms with Gasteiger partial charge in [-0.15, -0.1) is 0 Å². The summed E-state index contributed by atoms with van der Waals surface area (Å²) in [5.74, 6) is -0.871. The van der Waals surface area contributed by atoms with Crippen LogP contribution in [-0.4, -0.2) is 32.4 Å². The summed E-state index contributed by atoms with van der Waals surface area (Å²) in [5, 5.41) is 18.8. The minimum absolute atomic E-state index is 0.0217. The van der Waals surface area contributed by atoms with Crippen molar-refractivity contribution in [2.45, 2.75) is 50.6 Å². The second kappa shape index (κ2) is 6.60. The van der Waals surface area contributed by atoms with Crippen LogP contribution in [0.1, 0.15) is 44.2 Å². The Balaban J connectivity index is 1.91. The first-order chi connectivity index (χ1) is 10.0. The van der Waals surface area contributed by atoms with Gasteiger partial charge in [0.25, 0.3) is 0 Å². The molecule has 1 fully saturated rings. The summed E-state index contributed by atoms with van der Waals surface area (Å²) in [4.78, 5) is 23.1. The van der Waals surface area contributed by atoms with Gasteiger partial charge in [0, 0.05) is 13.2 Å². The fourth-order valence-corrected chi connectivity index (χ4v) is 2.89. The van der Waals surface area contributed by atoms with E-state index in [1.165, 1.54) is 0 Å². The van der Waals surface area contributed by atoms with E-state index >= 15 is 0 Å². The number of hydrogen-bond acceptors (Lipinski definition) is 3. The molecule has 1 aromatic heterocycles. The lowest BCUT2D eigenvalue weighted by molar-refractivity contribution is -0.139. The molecule has 1 saturated carbocycles. The maximum absolute atomic E-state index is 12.1. The molecule has 1 aliphatic carbocycles. The highest BCUT2D eigenvalue weighted by Gasteiger charge is 2.35. The molecular weight excluding hydrogens is 272 g/mol. The van der Waals surface area contributed by atoms with Gasteiger partial charge in [0.15, 0.2) is 0 Å². The molecule has 116 valence electrons. The molecule has 0 saturated heterocycles. The standard InChI is InChI=1S/C14H22N4O3/c1-18-11(5-8-16-18)10-15-13(21)17-14(9-12(19)20)6-3-2-4-7-14/h5,8H,2-4,6-7,9-10H2,1H3,(H,19,20)(H2,15,17,21). The second-order valence-electron chi connectivity index (χ2n) is 5.67. The largest absolute Gasteiger partial charge is 0.481 e. The number of aliphatic carboxylic acids is 1. The number of rotatable bonds is 5. The lowest BCUT2D eigenvalue weighted by Gasteiger charge is -2.36. The van der Waals surface area contributed by atoms with Gasteiger partial charge in [-0.3, -0.25) is 9.48 Å². The molecule has 1 aromatic rings. The van der Waals surface area contributed by atoms with E-state index < -0.39 is 11.5 Å². The van der Waals surface area contributed by atoms with Crippen molar-refractivity contribution < 1.29 is 14.7 Å². The fourth-order valence-electron chi connectivity index (χ4n) is 2.89. The number of amides is 2. The summed E-state index contributed by atoms with van der Waals surface area (Å²) in [7, 11) is 1.81. The number of urea groups is 1. The van der Waals surface area contributed by atoms with Crippen molar-refractivity contribution in [2.75, 3.05) is 0 Å². The maximum Gasteiger partial charge on any atom is 0.315 e. The van der Waals surface area contributed by atoms with E-state index in [9.17, 15) is 9.59 Å². The summed E-state index contributed by atoms with van der Waals surface area (Å²) in [6, 6.07) is 1.51. The molecule has 0 bridgehead atoms. The number of aryl methyl sites for hydroxylation is 1. The first kappa shape index (κ1) is 15.3. The van der Waals surface area contributed by atoms with Gasteiger partial charge in [-0.25, -0.2) is 4.79 Å². The van der Waals surface area contributed by atoms with Gasteiger partial charge in [0.1, 0.15) is 0 Å². The minimum atomic E-state index is -0.871. The van der Waals surface area contributed by atoms with Crippen LogP contribution in [0.15, 0.2) is 12.3 Å². The highest BCUT2D eigenvalue weighted by molar-refractivity contribution is 5.76. The average molecular weight is 294 g/mol. The Bertz CT molecular complexity index is 506. The number of carbonyl (C=O) groups excluding carboxylic acids is 1. The molecule has 2 rings (SSSR count). The zero-order valence-electron chi connectivity index (χ0n) is 12.3. The van der Waals surface area contributed by atoms with Crippen molar-refractivity contribution in [3.05, 3.63) is 18.0 Å². The van der Waals surface area contributed by atoms with Crippen molar-refractivity contribution in [2.24, 2.45) is 7.05 Å². The quantitative estimate of drug-likeness (QED) is 0.764. The molecule has 1 aliphatic rings. The van der Waals surface area contributed by atoms with E-state index in [-0.39, 0.29) is 12.5 Å². The molecular formula is C14H22N4O3. The van der Waals surface area contributed by atoms with Gasteiger partial charge in [0.2, 0.25) is 0 Å². The predicted octanol–water partition coefficient (Wildman–Crippen LogP) is 1.40. The van der Waals surface area contributed by atoms with Crippen LogP contribution in [0.3, 0.4) is 0 Å². The van der Waals surface area contributed by atoms with Crippen LogP contribution >= 0.6 is 0 Å². The van der Waals surface area contributed by atoms with Gasteiger partial charge in [-0.05, 0) is 18.9 Å². The smallest absolute Gasteiger partial charge is 0.315 e. The minimum Gasteiger partial charge on any atom is -0.481 e. The number of carboxylic acid groups (broad SMARTS) is 1. The third kappa shape index (κ3) is 4.21. The summed E-state index contributed by atoms with van der Waals surface area (Å²) in [6.45, 7) is 0.367. The van der Waals surface area contributed by atoms with Crippen LogP contribution in [0.5, 0.6) is 0 Å². The lowest BCUT2D eigenvalue weighted by atomic mass is 9.79. The normalized spacial score (nSPS) is 17.2. The van der Waals surface area contributed by atoms with E-state index in [0.29, 0.717) is 6.54 Å². The highest BCUT2D eigenvalue weighted by atomic mass is 16.4. The molecule has 21 heavy (non-hydrogen) atoms. The summed E-state index contributed by atoms with van der Waals surface area (Å²) in [6.07, 6.45) is 6.09. The number of aromatic nitrogens is 2. The molecule has 0 aliphatic heterocycles. The molecule has 7 nitrogen and oxygen atoms in total. The van der Waals surface area contributed by atoms with Crippen LogP contribution in [0.4, 0.5) is 4.79 Å². The van der Waals surface area contributed by atoms with Crippen molar-refractivity contribution in [1.29, 1.82) is 0 Å². The third-order valence-electron chi connectivity index (χ3n) is 4.03. The molecule has 0 unspecified atom stereocenters. The van der Waals surface area contributed by atoms with E-state index in [4.69, 9.17) is 5.11 Å². The molecule has 0 aromatic carbocycles. The number of carboxylic acids is 1. The van der Waals surface area contributed by atoms with Gasteiger partial charge in [-0.1, -0.05) is 19.3 Å². The zero-order chi connectivity index (χ0) is 15.3. The monoisotopic (exact) mass is 294 g/mol. The number of hydrogen-bond donors (Lipinski definition) is 3.